The van der Waals surface area contributed by atoms with E-state index in [-0.39, 0.29) is 23.3 Å². The average molecular weight is 750 g/mol. The summed E-state index contributed by atoms with van der Waals surface area (Å²) in [5.41, 5.74) is 0. The third-order valence-electron chi connectivity index (χ3n) is 9.88. The van der Waals surface area contributed by atoms with Gasteiger partial charge in [0.2, 0.25) is 0 Å². The zero-order valence-corrected chi connectivity index (χ0v) is 35.0. The SMILES string of the molecule is CCCCCC/C=C\COC(=O)CCCCCN(CCCCCC(=O)OC(CCCCCC)CCCCCC)C(=O)SCCCCN1CCN=C1C. The number of carbonyl (C=O) groups excluding carboxylic acids is 3. The van der Waals surface area contributed by atoms with Gasteiger partial charge in [-0.1, -0.05) is 115 Å². The van der Waals surface area contributed by atoms with Crippen LogP contribution >= 0.6 is 11.8 Å². The lowest BCUT2D eigenvalue weighted by Gasteiger charge is -2.22. The molecule has 0 fully saturated rings. The lowest BCUT2D eigenvalue weighted by Crippen LogP contribution is -2.30. The first-order valence-corrected chi connectivity index (χ1v) is 22.6. The average Bonchev–Trinajstić information content (AvgIpc) is 3.55. The van der Waals surface area contributed by atoms with Gasteiger partial charge in [-0.2, -0.15) is 0 Å². The van der Waals surface area contributed by atoms with Crippen LogP contribution in [0.1, 0.15) is 188 Å². The van der Waals surface area contributed by atoms with Crippen LogP contribution < -0.4 is 0 Å². The number of hydrogen-bond acceptors (Lipinski definition) is 8. The molecule has 0 aliphatic carbocycles. The minimum absolute atomic E-state index is 0.0580. The van der Waals surface area contributed by atoms with Gasteiger partial charge in [-0.15, -0.1) is 0 Å². The van der Waals surface area contributed by atoms with Gasteiger partial charge in [0.15, 0.2) is 0 Å². The van der Waals surface area contributed by atoms with Crippen LogP contribution in [0.15, 0.2) is 17.1 Å². The van der Waals surface area contributed by atoms with E-state index in [0.717, 1.165) is 115 Å². The molecule has 0 saturated heterocycles. The minimum atomic E-state index is -0.146. The Balaban J connectivity index is 2.43. The standard InChI is InChI=1S/C43H79N3O5S/c1-5-8-11-14-15-16-26-37-50-41(47)30-21-17-23-34-46(43(49)52-38-27-25-33-45-36-32-44-39(45)4)35-24-18-22-31-42(48)51-40(28-19-12-9-6-2)29-20-13-10-7-3/h16,26,40H,5-15,17-25,27-38H2,1-4H3/b26-16-. The number of allylic oxidation sites excluding steroid dienone is 1. The highest BCUT2D eigenvalue weighted by Gasteiger charge is 2.17. The van der Waals surface area contributed by atoms with E-state index in [1.165, 1.54) is 76.0 Å². The van der Waals surface area contributed by atoms with Gasteiger partial charge >= 0.3 is 11.9 Å². The summed E-state index contributed by atoms with van der Waals surface area (Å²) < 4.78 is 11.3. The third-order valence-corrected chi connectivity index (χ3v) is 10.9. The molecule has 1 heterocycles. The summed E-state index contributed by atoms with van der Waals surface area (Å²) in [7, 11) is 0. The number of aliphatic imine (C=N–C) groups is 1. The van der Waals surface area contributed by atoms with Gasteiger partial charge in [-0.25, -0.2) is 0 Å². The van der Waals surface area contributed by atoms with Crippen molar-refractivity contribution in [2.24, 2.45) is 4.99 Å². The normalized spacial score (nSPS) is 12.9. The molecular formula is C43H79N3O5S. The fourth-order valence-electron chi connectivity index (χ4n) is 6.51. The predicted molar refractivity (Wildman–Crippen MR) is 221 cm³/mol. The largest absolute Gasteiger partial charge is 0.462 e. The quantitative estimate of drug-likeness (QED) is 0.0362. The number of rotatable bonds is 35. The summed E-state index contributed by atoms with van der Waals surface area (Å²) in [4.78, 5) is 47.0. The van der Waals surface area contributed by atoms with Crippen LogP contribution in [0.25, 0.3) is 0 Å². The van der Waals surface area contributed by atoms with E-state index in [1.54, 1.807) is 0 Å². The van der Waals surface area contributed by atoms with E-state index in [4.69, 9.17) is 9.47 Å². The molecule has 0 saturated carbocycles. The van der Waals surface area contributed by atoms with E-state index >= 15 is 0 Å². The number of amides is 1. The van der Waals surface area contributed by atoms with Crippen LogP contribution in [-0.4, -0.2) is 84.0 Å². The molecule has 0 bridgehead atoms. The number of esters is 2. The minimum Gasteiger partial charge on any atom is -0.462 e. The molecule has 0 aromatic rings. The Labute approximate surface area is 324 Å². The van der Waals surface area contributed by atoms with Crippen LogP contribution in [-0.2, 0) is 19.1 Å². The van der Waals surface area contributed by atoms with E-state index in [2.05, 4.69) is 43.7 Å². The smallest absolute Gasteiger partial charge is 0.306 e. The first kappa shape index (κ1) is 48.0. The Morgan fingerprint density at radius 1 is 0.731 bits per heavy atom. The predicted octanol–water partition coefficient (Wildman–Crippen LogP) is 11.7. The summed E-state index contributed by atoms with van der Waals surface area (Å²) >= 11 is 1.43. The van der Waals surface area contributed by atoms with Crippen LogP contribution in [0, 0.1) is 0 Å². The number of ether oxygens (including phenoxy) is 2. The fraction of sp³-hybridized carbons (Fsp3) is 0.860. The molecule has 0 spiro atoms. The molecule has 0 N–H and O–H groups in total. The molecule has 1 aliphatic heterocycles. The second-order valence-corrected chi connectivity index (χ2v) is 15.7. The molecule has 0 atom stereocenters. The number of amidine groups is 1. The molecule has 0 radical (unpaired) electrons. The van der Waals surface area contributed by atoms with Crippen molar-refractivity contribution in [3.63, 3.8) is 0 Å². The van der Waals surface area contributed by atoms with Crippen molar-refractivity contribution in [2.75, 3.05) is 45.1 Å². The molecule has 1 rings (SSSR count). The summed E-state index contributed by atoms with van der Waals surface area (Å²) in [5.74, 6) is 1.74. The maximum atomic E-state index is 13.3. The Morgan fingerprint density at radius 3 is 1.92 bits per heavy atom. The lowest BCUT2D eigenvalue weighted by molar-refractivity contribution is -0.150. The van der Waals surface area contributed by atoms with Gasteiger partial charge in [0, 0.05) is 44.8 Å². The first-order chi connectivity index (χ1) is 25.4. The van der Waals surface area contributed by atoms with Crippen molar-refractivity contribution >= 4 is 34.8 Å². The Kier molecular flexibility index (Phi) is 32.0. The molecule has 1 amide bonds. The second kappa shape index (κ2) is 34.7. The van der Waals surface area contributed by atoms with Gasteiger partial charge in [0.1, 0.15) is 12.7 Å². The second-order valence-electron chi connectivity index (χ2n) is 14.7. The van der Waals surface area contributed by atoms with Gasteiger partial charge in [-0.05, 0) is 84.0 Å². The van der Waals surface area contributed by atoms with Gasteiger partial charge in [-0.3, -0.25) is 19.4 Å². The molecular weight excluding hydrogens is 671 g/mol. The summed E-state index contributed by atoms with van der Waals surface area (Å²) in [6.45, 7) is 13.4. The van der Waals surface area contributed by atoms with E-state index in [1.807, 2.05) is 11.0 Å². The Morgan fingerprint density at radius 2 is 1.33 bits per heavy atom. The lowest BCUT2D eigenvalue weighted by atomic mass is 10.0. The maximum absolute atomic E-state index is 13.3. The number of carbonyl (C=O) groups is 3. The number of thioether (sulfide) groups is 1. The van der Waals surface area contributed by atoms with E-state index in [9.17, 15) is 14.4 Å². The Hall–Kier alpha value is -2.03. The summed E-state index contributed by atoms with van der Waals surface area (Å²) in [6, 6.07) is 0. The highest BCUT2D eigenvalue weighted by molar-refractivity contribution is 8.13. The van der Waals surface area contributed by atoms with E-state index in [0.29, 0.717) is 32.5 Å². The van der Waals surface area contributed by atoms with Crippen molar-refractivity contribution in [2.45, 2.75) is 194 Å². The third kappa shape index (κ3) is 27.6. The van der Waals surface area contributed by atoms with Crippen molar-refractivity contribution in [1.82, 2.24) is 9.80 Å². The van der Waals surface area contributed by atoms with Crippen LogP contribution in [0.3, 0.4) is 0 Å². The zero-order valence-electron chi connectivity index (χ0n) is 34.2. The number of nitrogens with zero attached hydrogens (tertiary/aromatic N) is 3. The van der Waals surface area contributed by atoms with Crippen molar-refractivity contribution in [3.8, 4) is 0 Å². The highest BCUT2D eigenvalue weighted by atomic mass is 32.2. The molecule has 52 heavy (non-hydrogen) atoms. The molecule has 302 valence electrons. The van der Waals surface area contributed by atoms with Crippen molar-refractivity contribution in [3.05, 3.63) is 12.2 Å². The van der Waals surface area contributed by atoms with Crippen molar-refractivity contribution < 1.29 is 23.9 Å². The monoisotopic (exact) mass is 750 g/mol. The fourth-order valence-corrected chi connectivity index (χ4v) is 7.40. The van der Waals surface area contributed by atoms with Crippen LogP contribution in [0.4, 0.5) is 4.79 Å². The molecule has 8 nitrogen and oxygen atoms in total. The Bertz CT molecular complexity index is 947. The maximum Gasteiger partial charge on any atom is 0.306 e. The van der Waals surface area contributed by atoms with Gasteiger partial charge in [0.25, 0.3) is 5.24 Å². The molecule has 0 unspecified atom stereocenters. The van der Waals surface area contributed by atoms with Gasteiger partial charge in [0.05, 0.1) is 12.4 Å². The van der Waals surface area contributed by atoms with E-state index < -0.39 is 0 Å². The molecule has 1 aliphatic rings. The molecule has 9 heteroatoms. The topological polar surface area (TPSA) is 88.5 Å². The summed E-state index contributed by atoms with van der Waals surface area (Å²) in [5, 5.41) is 0.146. The van der Waals surface area contributed by atoms with Crippen LogP contribution in [0.5, 0.6) is 0 Å². The molecule has 0 aromatic heterocycles. The van der Waals surface area contributed by atoms with Crippen LogP contribution in [0.2, 0.25) is 0 Å². The molecule has 0 aromatic carbocycles. The number of hydrogen-bond donors (Lipinski definition) is 0. The summed E-state index contributed by atoms with van der Waals surface area (Å²) in [6.07, 6.45) is 29.8. The number of unbranched alkanes of at least 4 members (excludes halogenated alkanes) is 15. The highest BCUT2D eigenvalue weighted by Crippen LogP contribution is 2.18. The van der Waals surface area contributed by atoms with Gasteiger partial charge < -0.3 is 19.3 Å². The zero-order chi connectivity index (χ0) is 37.9. The first-order valence-electron chi connectivity index (χ1n) is 21.6. The van der Waals surface area contributed by atoms with Crippen molar-refractivity contribution in [1.29, 1.82) is 0 Å².